The number of ether oxygens (including phenoxy) is 2. The molecule has 6 heteroatoms. The molecule has 0 aromatic heterocycles. The van der Waals surface area contributed by atoms with Crippen molar-refractivity contribution in [2.24, 2.45) is 5.92 Å². The van der Waals surface area contributed by atoms with Crippen LogP contribution >= 0.6 is 0 Å². The molecule has 188 valence electrons. The van der Waals surface area contributed by atoms with E-state index in [4.69, 9.17) is 14.6 Å². The van der Waals surface area contributed by atoms with Crippen LogP contribution in [0.25, 0.3) is 0 Å². The Labute approximate surface area is 212 Å². The van der Waals surface area contributed by atoms with Gasteiger partial charge in [-0.15, -0.1) is 0 Å². The van der Waals surface area contributed by atoms with Crippen molar-refractivity contribution >= 4 is 17.6 Å². The maximum atomic E-state index is 12.9. The first-order valence-corrected chi connectivity index (χ1v) is 12.5. The van der Waals surface area contributed by atoms with Crippen LogP contribution in [0, 0.1) is 12.8 Å². The quantitative estimate of drug-likeness (QED) is 0.232. The summed E-state index contributed by atoms with van der Waals surface area (Å²) in [5, 5.41) is 9.09. The third-order valence-corrected chi connectivity index (χ3v) is 6.71. The molecule has 0 bridgehead atoms. The van der Waals surface area contributed by atoms with Crippen molar-refractivity contribution in [3.63, 3.8) is 0 Å². The number of benzene rings is 2. The molecule has 1 amide bonds. The standard InChI is InChI=1S/C30H33NO5/c1-3-25(16-13-22-7-4-8-23(22)19-29(32)33)35-17-6-18-36-28-10-5-9-26-27(28)20-31(30(26)34)24-14-11-21(2)12-15-24/h3,5,9-16,23H,1,4,6-8,17-20H2,2H3,(H,32,33)/b22-13+,25-16+. The third-order valence-electron chi connectivity index (χ3n) is 6.71. The van der Waals surface area contributed by atoms with Crippen LogP contribution in [0.15, 0.2) is 78.6 Å². The van der Waals surface area contributed by atoms with E-state index in [1.54, 1.807) is 11.0 Å². The molecule has 36 heavy (non-hydrogen) atoms. The lowest BCUT2D eigenvalue weighted by Crippen LogP contribution is -2.22. The van der Waals surface area contributed by atoms with Crippen molar-refractivity contribution in [2.45, 2.75) is 45.6 Å². The maximum Gasteiger partial charge on any atom is 0.303 e. The molecular weight excluding hydrogens is 454 g/mol. The predicted octanol–water partition coefficient (Wildman–Crippen LogP) is 6.21. The number of nitrogens with zero attached hydrogens (tertiary/aromatic N) is 1. The first-order chi connectivity index (χ1) is 17.5. The second-order valence-electron chi connectivity index (χ2n) is 9.26. The van der Waals surface area contributed by atoms with Crippen molar-refractivity contribution in [3.05, 3.63) is 95.3 Å². The maximum absolute atomic E-state index is 12.9. The number of carbonyl (C=O) groups is 2. The van der Waals surface area contributed by atoms with E-state index in [0.717, 1.165) is 47.4 Å². The summed E-state index contributed by atoms with van der Waals surface area (Å²) in [6.45, 7) is 7.26. The summed E-state index contributed by atoms with van der Waals surface area (Å²) < 4.78 is 11.9. The molecule has 0 radical (unpaired) electrons. The second kappa shape index (κ2) is 11.8. The van der Waals surface area contributed by atoms with E-state index in [0.29, 0.717) is 37.5 Å². The molecule has 1 aliphatic heterocycles. The minimum atomic E-state index is -0.756. The van der Waals surface area contributed by atoms with Gasteiger partial charge in [-0.3, -0.25) is 9.59 Å². The minimum Gasteiger partial charge on any atom is -0.493 e. The highest BCUT2D eigenvalue weighted by Gasteiger charge is 2.31. The van der Waals surface area contributed by atoms with Gasteiger partial charge in [0.05, 0.1) is 26.2 Å². The summed E-state index contributed by atoms with van der Waals surface area (Å²) in [6.07, 6.45) is 9.24. The van der Waals surface area contributed by atoms with E-state index in [2.05, 4.69) is 6.58 Å². The summed E-state index contributed by atoms with van der Waals surface area (Å²) >= 11 is 0. The number of fused-ring (bicyclic) bond motifs is 1. The van der Waals surface area contributed by atoms with E-state index < -0.39 is 5.97 Å². The number of aryl methyl sites for hydroxylation is 1. The molecular formula is C30H33NO5. The smallest absolute Gasteiger partial charge is 0.303 e. The van der Waals surface area contributed by atoms with E-state index in [-0.39, 0.29) is 18.2 Å². The number of anilines is 1. The van der Waals surface area contributed by atoms with Gasteiger partial charge in [-0.05, 0) is 68.5 Å². The number of carbonyl (C=O) groups excluding carboxylic acids is 1. The normalized spacial score (nSPS) is 18.4. The molecule has 2 aliphatic rings. The molecule has 1 aliphatic carbocycles. The van der Waals surface area contributed by atoms with Crippen molar-refractivity contribution in [1.29, 1.82) is 0 Å². The van der Waals surface area contributed by atoms with Crippen LogP contribution in [0.3, 0.4) is 0 Å². The zero-order valence-corrected chi connectivity index (χ0v) is 20.7. The van der Waals surface area contributed by atoms with Crippen molar-refractivity contribution in [3.8, 4) is 5.75 Å². The number of rotatable bonds is 11. The van der Waals surface area contributed by atoms with E-state index in [9.17, 15) is 9.59 Å². The van der Waals surface area contributed by atoms with Gasteiger partial charge in [-0.25, -0.2) is 0 Å². The Morgan fingerprint density at radius 1 is 1.19 bits per heavy atom. The Hall–Kier alpha value is -3.80. The molecule has 1 N–H and O–H groups in total. The molecule has 1 atom stereocenters. The first-order valence-electron chi connectivity index (χ1n) is 12.5. The number of carboxylic acid groups (broad SMARTS) is 1. The number of carboxylic acids is 1. The summed E-state index contributed by atoms with van der Waals surface area (Å²) in [4.78, 5) is 25.8. The highest BCUT2D eigenvalue weighted by atomic mass is 16.5. The van der Waals surface area contributed by atoms with Gasteiger partial charge in [-0.2, -0.15) is 0 Å². The Bertz CT molecular complexity index is 1180. The molecule has 1 unspecified atom stereocenters. The summed E-state index contributed by atoms with van der Waals surface area (Å²) in [7, 11) is 0. The van der Waals surface area contributed by atoms with E-state index in [1.165, 1.54) is 0 Å². The zero-order chi connectivity index (χ0) is 25.5. The number of amides is 1. The van der Waals surface area contributed by atoms with Gasteiger partial charge in [0.2, 0.25) is 0 Å². The third kappa shape index (κ3) is 6.06. The Morgan fingerprint density at radius 3 is 2.75 bits per heavy atom. The van der Waals surface area contributed by atoms with Crippen molar-refractivity contribution in [1.82, 2.24) is 0 Å². The van der Waals surface area contributed by atoms with E-state index >= 15 is 0 Å². The Balaban J connectivity index is 1.29. The summed E-state index contributed by atoms with van der Waals surface area (Å²) in [5.41, 5.74) is 4.79. The van der Waals surface area contributed by atoms with Crippen LogP contribution in [0.4, 0.5) is 5.69 Å². The molecule has 0 saturated heterocycles. The minimum absolute atomic E-state index is 0.00891. The zero-order valence-electron chi connectivity index (χ0n) is 20.7. The lowest BCUT2D eigenvalue weighted by atomic mass is 9.98. The fraction of sp³-hybridized carbons (Fsp3) is 0.333. The van der Waals surface area contributed by atoms with Gasteiger partial charge < -0.3 is 19.5 Å². The molecule has 2 aromatic carbocycles. The van der Waals surface area contributed by atoms with Gasteiger partial charge in [-0.1, -0.05) is 42.0 Å². The monoisotopic (exact) mass is 487 g/mol. The van der Waals surface area contributed by atoms with Crippen LogP contribution in [0.1, 0.15) is 53.6 Å². The van der Waals surface area contributed by atoms with Crippen molar-refractivity contribution in [2.75, 3.05) is 18.1 Å². The number of hydrogen-bond acceptors (Lipinski definition) is 4. The number of allylic oxidation sites excluding steroid dienone is 4. The van der Waals surface area contributed by atoms with Crippen LogP contribution in [-0.2, 0) is 16.1 Å². The van der Waals surface area contributed by atoms with Gasteiger partial charge in [0.1, 0.15) is 11.5 Å². The number of hydrogen-bond donors (Lipinski definition) is 1. The van der Waals surface area contributed by atoms with Crippen LogP contribution in [0.5, 0.6) is 5.75 Å². The van der Waals surface area contributed by atoms with Gasteiger partial charge >= 0.3 is 5.97 Å². The predicted molar refractivity (Wildman–Crippen MR) is 140 cm³/mol. The first kappa shape index (κ1) is 25.3. The highest BCUT2D eigenvalue weighted by molar-refractivity contribution is 6.10. The number of aliphatic carboxylic acids is 1. The van der Waals surface area contributed by atoms with Gasteiger partial charge in [0.15, 0.2) is 0 Å². The SMILES string of the molecule is C=C/C(=C\C=C1/CCCC1CC(=O)O)OCCCOc1cccc2c1CN(c1ccc(C)cc1)C2=O. The van der Waals surface area contributed by atoms with Crippen LogP contribution in [-0.4, -0.2) is 30.2 Å². The molecule has 6 nitrogen and oxygen atoms in total. The largest absolute Gasteiger partial charge is 0.493 e. The highest BCUT2D eigenvalue weighted by Crippen LogP contribution is 2.35. The molecule has 4 rings (SSSR count). The van der Waals surface area contributed by atoms with E-state index in [1.807, 2.05) is 61.5 Å². The molecule has 1 fully saturated rings. The summed E-state index contributed by atoms with van der Waals surface area (Å²) in [6, 6.07) is 13.6. The molecule has 1 heterocycles. The Morgan fingerprint density at radius 2 is 2.00 bits per heavy atom. The molecule has 1 saturated carbocycles. The fourth-order valence-corrected chi connectivity index (χ4v) is 4.77. The van der Waals surface area contributed by atoms with Crippen LogP contribution < -0.4 is 9.64 Å². The molecule has 0 spiro atoms. The van der Waals surface area contributed by atoms with Crippen molar-refractivity contribution < 1.29 is 24.2 Å². The second-order valence-corrected chi connectivity index (χ2v) is 9.26. The lowest BCUT2D eigenvalue weighted by Gasteiger charge is -2.16. The topological polar surface area (TPSA) is 76.1 Å². The fourth-order valence-electron chi connectivity index (χ4n) is 4.77. The Kier molecular flexibility index (Phi) is 8.26. The van der Waals surface area contributed by atoms with Crippen LogP contribution in [0.2, 0.25) is 0 Å². The lowest BCUT2D eigenvalue weighted by molar-refractivity contribution is -0.137. The van der Waals surface area contributed by atoms with Gasteiger partial charge in [0, 0.05) is 23.2 Å². The summed E-state index contributed by atoms with van der Waals surface area (Å²) in [5.74, 6) is 0.729. The molecule has 2 aromatic rings. The van der Waals surface area contributed by atoms with Gasteiger partial charge in [0.25, 0.3) is 5.91 Å². The average Bonchev–Trinajstić information content (AvgIpc) is 3.45. The average molecular weight is 488 g/mol.